The molecule has 92 valence electrons. The number of rotatable bonds is 4. The third-order valence-electron chi connectivity index (χ3n) is 3.00. The van der Waals surface area contributed by atoms with Crippen LogP contribution >= 0.6 is 0 Å². The van der Waals surface area contributed by atoms with Gasteiger partial charge in [-0.3, -0.25) is 4.79 Å². The zero-order chi connectivity index (χ0) is 13.0. The van der Waals surface area contributed by atoms with E-state index in [-0.39, 0.29) is 11.6 Å². The molecule has 0 N–H and O–H groups in total. The molecule has 0 heterocycles. The number of hydrogen-bond acceptors (Lipinski definition) is 1. The van der Waals surface area contributed by atoms with E-state index < -0.39 is 0 Å². The summed E-state index contributed by atoms with van der Waals surface area (Å²) >= 11 is 0. The second-order valence-electron chi connectivity index (χ2n) is 4.31. The fourth-order valence-corrected chi connectivity index (χ4v) is 2.06. The molecule has 0 spiro atoms. The lowest BCUT2D eigenvalue weighted by Gasteiger charge is -2.08. The Kier molecular flexibility index (Phi) is 3.88. The van der Waals surface area contributed by atoms with Crippen LogP contribution in [-0.4, -0.2) is 5.78 Å². The van der Waals surface area contributed by atoms with Gasteiger partial charge >= 0.3 is 0 Å². The van der Waals surface area contributed by atoms with E-state index in [4.69, 9.17) is 0 Å². The van der Waals surface area contributed by atoms with Gasteiger partial charge in [-0.15, -0.1) is 0 Å². The number of halogens is 1. The predicted molar refractivity (Wildman–Crippen MR) is 70.3 cm³/mol. The van der Waals surface area contributed by atoms with Crippen LogP contribution in [0.25, 0.3) is 0 Å². The molecule has 1 nitrogen and oxygen atoms in total. The van der Waals surface area contributed by atoms with Crippen LogP contribution < -0.4 is 0 Å². The Labute approximate surface area is 106 Å². The first-order valence-electron chi connectivity index (χ1n) is 6.00. The van der Waals surface area contributed by atoms with Gasteiger partial charge in [0.05, 0.1) is 0 Å². The van der Waals surface area contributed by atoms with Crippen LogP contribution in [0.15, 0.2) is 48.5 Å². The quantitative estimate of drug-likeness (QED) is 0.745. The first-order chi connectivity index (χ1) is 8.68. The van der Waals surface area contributed by atoms with Gasteiger partial charge in [-0.2, -0.15) is 0 Å². The lowest BCUT2D eigenvalue weighted by molar-refractivity contribution is 0.101. The highest BCUT2D eigenvalue weighted by Crippen LogP contribution is 2.17. The molecule has 2 aromatic carbocycles. The molecular formula is C16H15FO. The molecular weight excluding hydrogens is 227 g/mol. The maximum absolute atomic E-state index is 13.8. The van der Waals surface area contributed by atoms with Crippen LogP contribution in [0.2, 0.25) is 0 Å². The Morgan fingerprint density at radius 1 is 1.00 bits per heavy atom. The summed E-state index contributed by atoms with van der Waals surface area (Å²) in [6, 6.07) is 14.6. The first-order valence-corrected chi connectivity index (χ1v) is 6.00. The topological polar surface area (TPSA) is 17.1 Å². The summed E-state index contributed by atoms with van der Waals surface area (Å²) in [5.74, 6) is -0.379. The summed E-state index contributed by atoms with van der Waals surface area (Å²) in [6.07, 6.45) is 1.29. The van der Waals surface area contributed by atoms with Crippen molar-refractivity contribution in [1.82, 2.24) is 0 Å². The molecule has 0 bridgehead atoms. The maximum Gasteiger partial charge on any atom is 0.160 e. The van der Waals surface area contributed by atoms with Crippen molar-refractivity contribution >= 4 is 5.78 Å². The highest BCUT2D eigenvalue weighted by molar-refractivity contribution is 5.95. The zero-order valence-electron chi connectivity index (χ0n) is 10.3. The average molecular weight is 242 g/mol. The first kappa shape index (κ1) is 12.5. The van der Waals surface area contributed by atoms with E-state index in [0.29, 0.717) is 17.5 Å². The molecule has 0 radical (unpaired) electrons. The Bertz CT molecular complexity index is 546. The highest BCUT2D eigenvalue weighted by atomic mass is 19.1. The minimum atomic E-state index is -0.293. The number of Topliss-reactive ketones (excluding diaryl/α,β-unsaturated/α-hetero) is 1. The molecule has 0 aromatic heterocycles. The third-order valence-corrected chi connectivity index (χ3v) is 3.00. The van der Waals surface area contributed by atoms with Crippen molar-refractivity contribution in [2.24, 2.45) is 0 Å². The van der Waals surface area contributed by atoms with Gasteiger partial charge in [-0.05, 0) is 37.0 Å². The van der Waals surface area contributed by atoms with E-state index in [9.17, 15) is 9.18 Å². The Hall–Kier alpha value is -1.96. The molecule has 0 amide bonds. The van der Waals surface area contributed by atoms with Crippen molar-refractivity contribution < 1.29 is 9.18 Å². The van der Waals surface area contributed by atoms with Gasteiger partial charge in [0.15, 0.2) is 5.78 Å². The SMILES string of the molecule is CC(=O)c1cccc(F)c1CCc1ccccc1. The molecule has 0 aliphatic carbocycles. The van der Waals surface area contributed by atoms with Crippen LogP contribution in [0.5, 0.6) is 0 Å². The lowest BCUT2D eigenvalue weighted by atomic mass is 9.97. The van der Waals surface area contributed by atoms with E-state index in [1.54, 1.807) is 12.1 Å². The van der Waals surface area contributed by atoms with Crippen molar-refractivity contribution in [3.8, 4) is 0 Å². The lowest BCUT2D eigenvalue weighted by Crippen LogP contribution is -2.04. The van der Waals surface area contributed by atoms with Gasteiger partial charge in [0.2, 0.25) is 0 Å². The van der Waals surface area contributed by atoms with Crippen LogP contribution in [0.4, 0.5) is 4.39 Å². The van der Waals surface area contributed by atoms with Crippen LogP contribution in [0.1, 0.15) is 28.4 Å². The van der Waals surface area contributed by atoms with Crippen LogP contribution in [0.3, 0.4) is 0 Å². The van der Waals surface area contributed by atoms with Crippen molar-refractivity contribution in [3.05, 3.63) is 71.0 Å². The molecule has 0 saturated carbocycles. The minimum Gasteiger partial charge on any atom is -0.294 e. The number of aryl methyl sites for hydroxylation is 1. The molecule has 0 fully saturated rings. The largest absolute Gasteiger partial charge is 0.294 e. The number of hydrogen-bond donors (Lipinski definition) is 0. The highest BCUT2D eigenvalue weighted by Gasteiger charge is 2.11. The monoisotopic (exact) mass is 242 g/mol. The molecule has 0 aliphatic heterocycles. The van der Waals surface area contributed by atoms with Crippen molar-refractivity contribution in [3.63, 3.8) is 0 Å². The van der Waals surface area contributed by atoms with Crippen molar-refractivity contribution in [2.45, 2.75) is 19.8 Å². The maximum atomic E-state index is 13.8. The third kappa shape index (κ3) is 2.83. The molecule has 0 atom stereocenters. The molecule has 0 unspecified atom stereocenters. The molecule has 2 heteroatoms. The van der Waals surface area contributed by atoms with Gasteiger partial charge in [0.25, 0.3) is 0 Å². The summed E-state index contributed by atoms with van der Waals surface area (Å²) in [5.41, 5.74) is 2.16. The van der Waals surface area contributed by atoms with E-state index in [0.717, 1.165) is 12.0 Å². The molecule has 0 saturated heterocycles. The van der Waals surface area contributed by atoms with Gasteiger partial charge in [0.1, 0.15) is 5.82 Å². The summed E-state index contributed by atoms with van der Waals surface area (Å²) in [7, 11) is 0. The van der Waals surface area contributed by atoms with Crippen molar-refractivity contribution in [2.75, 3.05) is 0 Å². The summed E-state index contributed by atoms with van der Waals surface area (Å²) < 4.78 is 13.8. The van der Waals surface area contributed by atoms with E-state index in [2.05, 4.69) is 0 Å². The number of benzene rings is 2. The zero-order valence-corrected chi connectivity index (χ0v) is 10.3. The Balaban J connectivity index is 2.21. The smallest absolute Gasteiger partial charge is 0.160 e. The van der Waals surface area contributed by atoms with Gasteiger partial charge < -0.3 is 0 Å². The summed E-state index contributed by atoms with van der Waals surface area (Å²) in [6.45, 7) is 1.47. The molecule has 2 aromatic rings. The Morgan fingerprint density at radius 3 is 2.39 bits per heavy atom. The Morgan fingerprint density at radius 2 is 1.72 bits per heavy atom. The number of carbonyl (C=O) groups is 1. The molecule has 0 aliphatic rings. The van der Waals surface area contributed by atoms with Crippen LogP contribution in [-0.2, 0) is 12.8 Å². The number of ketones is 1. The standard InChI is InChI=1S/C16H15FO/c1-12(18)14-8-5-9-16(17)15(14)11-10-13-6-3-2-4-7-13/h2-9H,10-11H2,1H3. The predicted octanol–water partition coefficient (Wildman–Crippen LogP) is 3.81. The molecule has 18 heavy (non-hydrogen) atoms. The van der Waals surface area contributed by atoms with Gasteiger partial charge in [-0.25, -0.2) is 4.39 Å². The minimum absolute atomic E-state index is 0.0856. The van der Waals surface area contributed by atoms with E-state index >= 15 is 0 Å². The average Bonchev–Trinajstić information content (AvgIpc) is 2.38. The summed E-state index contributed by atoms with van der Waals surface area (Å²) in [4.78, 5) is 11.5. The number of carbonyl (C=O) groups excluding carboxylic acids is 1. The second kappa shape index (κ2) is 5.58. The van der Waals surface area contributed by atoms with E-state index in [1.807, 2.05) is 30.3 Å². The van der Waals surface area contributed by atoms with Gasteiger partial charge in [0, 0.05) is 5.56 Å². The molecule has 2 rings (SSSR count). The van der Waals surface area contributed by atoms with Crippen LogP contribution in [0, 0.1) is 5.82 Å². The van der Waals surface area contributed by atoms with Gasteiger partial charge in [-0.1, -0.05) is 42.5 Å². The van der Waals surface area contributed by atoms with Crippen molar-refractivity contribution in [1.29, 1.82) is 0 Å². The summed E-state index contributed by atoms with van der Waals surface area (Å²) in [5, 5.41) is 0. The fraction of sp³-hybridized carbons (Fsp3) is 0.188. The second-order valence-corrected chi connectivity index (χ2v) is 4.31. The van der Waals surface area contributed by atoms with E-state index in [1.165, 1.54) is 13.0 Å². The fourth-order valence-electron chi connectivity index (χ4n) is 2.06. The normalized spacial score (nSPS) is 10.3.